The number of halogens is 3. The molecule has 6 rings (SSSR count). The SMILES string of the molecule is Cc1conc1CC1(c2cccc(-n3cc4c(C(F)(F)F)cc(CN5CCC[C@H](C)C5)cn4c3=O)c2)COC1. The van der Waals surface area contributed by atoms with Crippen LogP contribution in [0.4, 0.5) is 13.2 Å². The van der Waals surface area contributed by atoms with E-state index in [-0.39, 0.29) is 10.9 Å². The summed E-state index contributed by atoms with van der Waals surface area (Å²) in [5.41, 5.74) is 1.85. The van der Waals surface area contributed by atoms with Gasteiger partial charge in [0.2, 0.25) is 0 Å². The highest BCUT2D eigenvalue weighted by Crippen LogP contribution is 2.38. The number of alkyl halides is 3. The van der Waals surface area contributed by atoms with Crippen molar-refractivity contribution >= 4 is 5.52 Å². The molecule has 206 valence electrons. The number of fused-ring (bicyclic) bond motifs is 1. The minimum Gasteiger partial charge on any atom is -0.379 e. The first kappa shape index (κ1) is 25.9. The molecule has 2 fully saturated rings. The van der Waals surface area contributed by atoms with Crippen LogP contribution in [0.5, 0.6) is 0 Å². The Kier molecular flexibility index (Phi) is 6.42. The lowest BCUT2D eigenvalue weighted by Gasteiger charge is -2.42. The molecule has 10 heteroatoms. The van der Waals surface area contributed by atoms with Crippen LogP contribution in [-0.4, -0.2) is 45.3 Å². The van der Waals surface area contributed by atoms with Gasteiger partial charge in [0.1, 0.15) is 6.26 Å². The first-order valence-corrected chi connectivity index (χ1v) is 13.3. The average Bonchev–Trinajstić information content (AvgIpc) is 3.43. The molecule has 2 saturated heterocycles. The quantitative estimate of drug-likeness (QED) is 0.339. The number of nitrogens with zero attached hydrogens (tertiary/aromatic N) is 4. The Morgan fingerprint density at radius 3 is 2.67 bits per heavy atom. The number of likely N-dealkylation sites (tertiary alicyclic amines) is 1. The lowest BCUT2D eigenvalue weighted by molar-refractivity contribution is -0.136. The van der Waals surface area contributed by atoms with E-state index in [0.717, 1.165) is 47.2 Å². The lowest BCUT2D eigenvalue weighted by atomic mass is 9.74. The normalized spacial score (nSPS) is 19.9. The molecule has 2 aliphatic rings. The van der Waals surface area contributed by atoms with E-state index in [4.69, 9.17) is 9.26 Å². The van der Waals surface area contributed by atoms with Crippen LogP contribution in [-0.2, 0) is 29.3 Å². The van der Waals surface area contributed by atoms with Crippen molar-refractivity contribution in [3.63, 3.8) is 0 Å². The van der Waals surface area contributed by atoms with Crippen LogP contribution in [0.2, 0.25) is 0 Å². The smallest absolute Gasteiger partial charge is 0.379 e. The van der Waals surface area contributed by atoms with Gasteiger partial charge in [0.25, 0.3) is 0 Å². The maximum absolute atomic E-state index is 14.2. The number of piperidine rings is 1. The van der Waals surface area contributed by atoms with E-state index in [2.05, 4.69) is 17.0 Å². The van der Waals surface area contributed by atoms with Crippen LogP contribution in [0.1, 0.15) is 47.7 Å². The lowest BCUT2D eigenvalue weighted by Crippen LogP contribution is -2.48. The Balaban J connectivity index is 1.40. The van der Waals surface area contributed by atoms with Gasteiger partial charge in [-0.3, -0.25) is 13.9 Å². The van der Waals surface area contributed by atoms with E-state index in [0.29, 0.717) is 43.3 Å². The molecule has 3 aromatic heterocycles. The number of rotatable bonds is 6. The summed E-state index contributed by atoms with van der Waals surface area (Å²) in [6, 6.07) is 8.57. The van der Waals surface area contributed by atoms with Crippen molar-refractivity contribution < 1.29 is 22.4 Å². The van der Waals surface area contributed by atoms with Gasteiger partial charge < -0.3 is 9.26 Å². The Morgan fingerprint density at radius 2 is 2.00 bits per heavy atom. The standard InChI is InChI=1S/C29H31F3N4O3/c1-19-5-4-8-34(12-19)13-21-9-24(29(30,31)32)26-15-35(27(37)36(26)14-21)23-7-3-6-22(10-23)28(17-38-18-28)11-25-20(2)16-39-33-25/h3,6-7,9-10,14-16,19H,4-5,8,11-13,17-18H2,1-2H3/t19-/m0/s1. The van der Waals surface area contributed by atoms with Crippen molar-refractivity contribution in [1.82, 2.24) is 19.0 Å². The maximum Gasteiger partial charge on any atom is 0.418 e. The van der Waals surface area contributed by atoms with Crippen molar-refractivity contribution in [3.8, 4) is 5.69 Å². The van der Waals surface area contributed by atoms with Crippen molar-refractivity contribution in [1.29, 1.82) is 0 Å². The molecular weight excluding hydrogens is 509 g/mol. The molecule has 0 aliphatic carbocycles. The van der Waals surface area contributed by atoms with Crippen LogP contribution in [0.25, 0.3) is 11.2 Å². The second kappa shape index (κ2) is 9.67. The van der Waals surface area contributed by atoms with Gasteiger partial charge in [-0.15, -0.1) is 0 Å². The Bertz CT molecular complexity index is 1560. The molecule has 7 nitrogen and oxygen atoms in total. The van der Waals surface area contributed by atoms with Crippen molar-refractivity contribution in [3.05, 3.63) is 87.4 Å². The molecule has 0 saturated carbocycles. The summed E-state index contributed by atoms with van der Waals surface area (Å²) in [5.74, 6) is 0.498. The topological polar surface area (TPSA) is 64.9 Å². The first-order chi connectivity index (χ1) is 18.6. The summed E-state index contributed by atoms with van der Waals surface area (Å²) in [6.45, 7) is 7.09. The number of imidazole rings is 1. The Hall–Kier alpha value is -3.37. The second-order valence-corrected chi connectivity index (χ2v) is 11.2. The zero-order valence-corrected chi connectivity index (χ0v) is 22.0. The van der Waals surface area contributed by atoms with Gasteiger partial charge >= 0.3 is 11.9 Å². The average molecular weight is 541 g/mol. The van der Waals surface area contributed by atoms with E-state index < -0.39 is 17.4 Å². The zero-order chi connectivity index (χ0) is 27.4. The van der Waals surface area contributed by atoms with Gasteiger partial charge in [0.05, 0.1) is 35.7 Å². The van der Waals surface area contributed by atoms with Crippen LogP contribution in [0.15, 0.2) is 58.3 Å². The van der Waals surface area contributed by atoms with Crippen LogP contribution >= 0.6 is 0 Å². The monoisotopic (exact) mass is 540 g/mol. The number of benzene rings is 1. The summed E-state index contributed by atoms with van der Waals surface area (Å²) in [4.78, 5) is 15.7. The zero-order valence-electron chi connectivity index (χ0n) is 22.0. The van der Waals surface area contributed by atoms with E-state index in [9.17, 15) is 18.0 Å². The van der Waals surface area contributed by atoms with Crippen LogP contribution < -0.4 is 5.69 Å². The van der Waals surface area contributed by atoms with Crippen molar-refractivity contribution in [2.75, 3.05) is 26.3 Å². The Labute approximate surface area is 223 Å². The maximum atomic E-state index is 14.2. The fraction of sp³-hybridized carbons (Fsp3) is 0.448. The molecule has 4 aromatic rings. The van der Waals surface area contributed by atoms with Gasteiger partial charge in [0, 0.05) is 42.9 Å². The first-order valence-electron chi connectivity index (χ1n) is 13.3. The molecule has 39 heavy (non-hydrogen) atoms. The third kappa shape index (κ3) is 4.80. The van der Waals surface area contributed by atoms with E-state index >= 15 is 0 Å². The number of aryl methyl sites for hydroxylation is 1. The number of pyridine rings is 1. The second-order valence-electron chi connectivity index (χ2n) is 11.2. The summed E-state index contributed by atoms with van der Waals surface area (Å²) in [6.07, 6.45) is 2.59. The minimum absolute atomic E-state index is 0.159. The molecule has 0 N–H and O–H groups in total. The predicted octanol–water partition coefficient (Wildman–Crippen LogP) is 5.15. The molecule has 2 aliphatic heterocycles. The molecule has 5 heterocycles. The van der Waals surface area contributed by atoms with Gasteiger partial charge in [-0.2, -0.15) is 13.2 Å². The van der Waals surface area contributed by atoms with Crippen LogP contribution in [0.3, 0.4) is 0 Å². The molecule has 0 bridgehead atoms. The van der Waals surface area contributed by atoms with Gasteiger partial charge in [0.15, 0.2) is 0 Å². The van der Waals surface area contributed by atoms with Crippen molar-refractivity contribution in [2.45, 2.75) is 51.2 Å². The molecule has 0 unspecified atom stereocenters. The fourth-order valence-electron chi connectivity index (χ4n) is 5.94. The van der Waals surface area contributed by atoms with Crippen LogP contribution in [0, 0.1) is 12.8 Å². The molecule has 1 atom stereocenters. The summed E-state index contributed by atoms with van der Waals surface area (Å²) >= 11 is 0. The fourth-order valence-corrected chi connectivity index (χ4v) is 5.94. The molecule has 0 radical (unpaired) electrons. The highest BCUT2D eigenvalue weighted by molar-refractivity contribution is 5.58. The summed E-state index contributed by atoms with van der Waals surface area (Å²) < 4.78 is 55.7. The molecular formula is C29H31F3N4O3. The molecule has 1 aromatic carbocycles. The van der Waals surface area contributed by atoms with Gasteiger partial charge in [-0.1, -0.05) is 24.2 Å². The Morgan fingerprint density at radius 1 is 1.18 bits per heavy atom. The summed E-state index contributed by atoms with van der Waals surface area (Å²) in [5, 5.41) is 4.12. The van der Waals surface area contributed by atoms with Gasteiger partial charge in [-0.05, 0) is 61.6 Å². The van der Waals surface area contributed by atoms with Crippen molar-refractivity contribution in [2.24, 2.45) is 5.92 Å². The third-order valence-corrected chi connectivity index (χ3v) is 8.12. The number of hydrogen-bond donors (Lipinski definition) is 0. The summed E-state index contributed by atoms with van der Waals surface area (Å²) in [7, 11) is 0. The highest BCUT2D eigenvalue weighted by Gasteiger charge is 2.42. The molecule has 0 spiro atoms. The third-order valence-electron chi connectivity index (χ3n) is 8.12. The largest absolute Gasteiger partial charge is 0.418 e. The number of aromatic nitrogens is 3. The number of ether oxygens (including phenoxy) is 1. The number of hydrogen-bond acceptors (Lipinski definition) is 5. The highest BCUT2D eigenvalue weighted by atomic mass is 19.4. The predicted molar refractivity (Wildman–Crippen MR) is 139 cm³/mol. The van der Waals surface area contributed by atoms with Gasteiger partial charge in [-0.25, -0.2) is 4.79 Å². The van der Waals surface area contributed by atoms with E-state index in [1.165, 1.54) is 16.8 Å². The van der Waals surface area contributed by atoms with E-state index in [1.807, 2.05) is 25.1 Å². The minimum atomic E-state index is -4.60. The molecule has 0 amide bonds. The van der Waals surface area contributed by atoms with E-state index in [1.54, 1.807) is 18.5 Å².